The van der Waals surface area contributed by atoms with Gasteiger partial charge in [-0.2, -0.15) is 0 Å². The van der Waals surface area contributed by atoms with E-state index >= 15 is 0 Å². The Hall–Kier alpha value is -2.82. The molecule has 2 amide bonds. The molecule has 0 aliphatic heterocycles. The van der Waals surface area contributed by atoms with Gasteiger partial charge in [0.2, 0.25) is 0 Å². The Kier molecular flexibility index (Phi) is 6.39. The van der Waals surface area contributed by atoms with Crippen molar-refractivity contribution in [2.24, 2.45) is 0 Å². The van der Waals surface area contributed by atoms with Crippen molar-refractivity contribution in [3.8, 4) is 5.75 Å². The average Bonchev–Trinajstić information content (AvgIpc) is 2.64. The van der Waals surface area contributed by atoms with E-state index in [1.165, 1.54) is 5.56 Å². The van der Waals surface area contributed by atoms with E-state index in [9.17, 15) is 9.59 Å². The van der Waals surface area contributed by atoms with Crippen molar-refractivity contribution in [2.45, 2.75) is 32.7 Å². The Morgan fingerprint density at radius 1 is 0.962 bits per heavy atom. The number of ether oxygens (including phenoxy) is 1. The second kappa shape index (κ2) is 8.52. The van der Waals surface area contributed by atoms with Crippen LogP contribution in [0.3, 0.4) is 0 Å². The number of amides is 2. The number of rotatable bonds is 6. The summed E-state index contributed by atoms with van der Waals surface area (Å²) >= 11 is 0. The summed E-state index contributed by atoms with van der Waals surface area (Å²) in [5.74, 6) is 0.342. The van der Waals surface area contributed by atoms with E-state index < -0.39 is 0 Å². The lowest BCUT2D eigenvalue weighted by atomic mass is 9.87. The monoisotopic (exact) mass is 354 g/mol. The topological polar surface area (TPSA) is 67.4 Å². The largest absolute Gasteiger partial charge is 0.484 e. The molecule has 0 saturated heterocycles. The van der Waals surface area contributed by atoms with E-state index in [2.05, 4.69) is 31.4 Å². The summed E-state index contributed by atoms with van der Waals surface area (Å²) in [5, 5.41) is 5.37. The van der Waals surface area contributed by atoms with Crippen LogP contribution in [0.15, 0.2) is 48.5 Å². The van der Waals surface area contributed by atoms with Gasteiger partial charge in [0.25, 0.3) is 11.8 Å². The molecule has 0 aromatic heterocycles. The summed E-state index contributed by atoms with van der Waals surface area (Å²) in [6.07, 6.45) is 0. The minimum atomic E-state index is -0.194. The Morgan fingerprint density at radius 2 is 1.58 bits per heavy atom. The predicted molar refractivity (Wildman–Crippen MR) is 102 cm³/mol. The van der Waals surface area contributed by atoms with Gasteiger partial charge in [0.15, 0.2) is 6.61 Å². The summed E-state index contributed by atoms with van der Waals surface area (Å²) in [4.78, 5) is 23.4. The highest BCUT2D eigenvalue weighted by atomic mass is 16.5. The molecule has 5 nitrogen and oxygen atoms in total. The molecule has 2 rings (SSSR count). The van der Waals surface area contributed by atoms with Crippen LogP contribution in [0.5, 0.6) is 5.75 Å². The normalized spacial score (nSPS) is 10.9. The molecule has 2 aromatic carbocycles. The molecule has 0 saturated carbocycles. The standard InChI is InChI=1S/C21H26N2O3/c1-21(2,3)17-9-11-18(12-10-17)26-14-19(24)23-13-15-5-7-16(8-6-15)20(25)22-4/h5-12H,13-14H2,1-4H3,(H,22,25)(H,23,24). The summed E-state index contributed by atoms with van der Waals surface area (Å²) in [6, 6.07) is 14.9. The van der Waals surface area contributed by atoms with Crippen molar-refractivity contribution in [3.63, 3.8) is 0 Å². The second-order valence-electron chi connectivity index (χ2n) is 7.12. The Bertz CT molecular complexity index is 744. The first-order chi connectivity index (χ1) is 12.3. The fourth-order valence-corrected chi connectivity index (χ4v) is 2.37. The molecule has 0 aliphatic carbocycles. The number of hydrogen-bond donors (Lipinski definition) is 2. The number of carbonyl (C=O) groups excluding carboxylic acids is 2. The molecule has 0 aliphatic rings. The van der Waals surface area contributed by atoms with Crippen LogP contribution in [0.25, 0.3) is 0 Å². The van der Waals surface area contributed by atoms with Gasteiger partial charge in [-0.1, -0.05) is 45.0 Å². The molecule has 0 heterocycles. The Balaban J connectivity index is 1.79. The highest BCUT2D eigenvalue weighted by molar-refractivity contribution is 5.93. The van der Waals surface area contributed by atoms with E-state index in [-0.39, 0.29) is 23.8 Å². The fraction of sp³-hybridized carbons (Fsp3) is 0.333. The van der Waals surface area contributed by atoms with Gasteiger partial charge < -0.3 is 15.4 Å². The van der Waals surface area contributed by atoms with Crippen molar-refractivity contribution in [3.05, 3.63) is 65.2 Å². The quantitative estimate of drug-likeness (QED) is 0.838. The maximum absolute atomic E-state index is 11.9. The second-order valence-corrected chi connectivity index (χ2v) is 7.12. The van der Waals surface area contributed by atoms with E-state index in [1.54, 1.807) is 19.2 Å². The van der Waals surface area contributed by atoms with Crippen LogP contribution in [0.2, 0.25) is 0 Å². The van der Waals surface area contributed by atoms with Gasteiger partial charge in [-0.15, -0.1) is 0 Å². The molecule has 0 bridgehead atoms. The summed E-state index contributed by atoms with van der Waals surface area (Å²) in [6.45, 7) is 6.80. The van der Waals surface area contributed by atoms with Gasteiger partial charge in [0.05, 0.1) is 0 Å². The highest BCUT2D eigenvalue weighted by Gasteiger charge is 2.13. The van der Waals surface area contributed by atoms with E-state index in [0.29, 0.717) is 17.9 Å². The van der Waals surface area contributed by atoms with Crippen molar-refractivity contribution in [1.82, 2.24) is 10.6 Å². The molecule has 26 heavy (non-hydrogen) atoms. The average molecular weight is 354 g/mol. The van der Waals surface area contributed by atoms with Crippen LogP contribution in [0.1, 0.15) is 42.3 Å². The number of benzene rings is 2. The van der Waals surface area contributed by atoms with Gasteiger partial charge in [0, 0.05) is 19.2 Å². The maximum Gasteiger partial charge on any atom is 0.258 e. The zero-order chi connectivity index (χ0) is 19.2. The minimum absolute atomic E-state index is 0.0365. The van der Waals surface area contributed by atoms with Crippen LogP contribution in [-0.2, 0) is 16.8 Å². The zero-order valence-corrected chi connectivity index (χ0v) is 15.8. The third-order valence-electron chi connectivity index (χ3n) is 4.02. The lowest BCUT2D eigenvalue weighted by Gasteiger charge is -2.19. The number of hydrogen-bond acceptors (Lipinski definition) is 3. The molecular weight excluding hydrogens is 328 g/mol. The SMILES string of the molecule is CNC(=O)c1ccc(CNC(=O)COc2ccc(C(C)(C)C)cc2)cc1. The van der Waals surface area contributed by atoms with Crippen molar-refractivity contribution in [2.75, 3.05) is 13.7 Å². The molecule has 0 atom stereocenters. The molecule has 0 spiro atoms. The van der Waals surface area contributed by atoms with E-state index in [4.69, 9.17) is 4.74 Å². The molecule has 2 N–H and O–H groups in total. The first-order valence-corrected chi connectivity index (χ1v) is 8.60. The van der Waals surface area contributed by atoms with Crippen LogP contribution < -0.4 is 15.4 Å². The first-order valence-electron chi connectivity index (χ1n) is 8.60. The van der Waals surface area contributed by atoms with Gasteiger partial charge in [-0.3, -0.25) is 9.59 Å². The minimum Gasteiger partial charge on any atom is -0.484 e. The smallest absolute Gasteiger partial charge is 0.258 e. The molecule has 5 heteroatoms. The third kappa shape index (κ3) is 5.62. The summed E-state index contributed by atoms with van der Waals surface area (Å²) in [5.41, 5.74) is 2.81. The first kappa shape index (κ1) is 19.5. The maximum atomic E-state index is 11.9. The number of carbonyl (C=O) groups is 2. The van der Waals surface area contributed by atoms with Crippen molar-refractivity contribution in [1.29, 1.82) is 0 Å². The van der Waals surface area contributed by atoms with E-state index in [0.717, 1.165) is 5.56 Å². The van der Waals surface area contributed by atoms with Gasteiger partial charge in [-0.25, -0.2) is 0 Å². The van der Waals surface area contributed by atoms with Gasteiger partial charge in [0.1, 0.15) is 5.75 Å². The van der Waals surface area contributed by atoms with Crippen molar-refractivity contribution < 1.29 is 14.3 Å². The molecule has 0 radical (unpaired) electrons. The predicted octanol–water partition coefficient (Wildman–Crippen LogP) is 3.04. The summed E-state index contributed by atoms with van der Waals surface area (Å²) in [7, 11) is 1.59. The van der Waals surface area contributed by atoms with Gasteiger partial charge in [-0.05, 0) is 40.8 Å². The molecule has 0 fully saturated rings. The van der Waals surface area contributed by atoms with Crippen LogP contribution >= 0.6 is 0 Å². The summed E-state index contributed by atoms with van der Waals surface area (Å²) < 4.78 is 5.52. The van der Waals surface area contributed by atoms with Crippen LogP contribution in [0, 0.1) is 0 Å². The molecular formula is C21H26N2O3. The fourth-order valence-electron chi connectivity index (χ4n) is 2.37. The van der Waals surface area contributed by atoms with E-state index in [1.807, 2.05) is 36.4 Å². The molecule has 2 aromatic rings. The molecule has 138 valence electrons. The molecule has 0 unspecified atom stereocenters. The Morgan fingerprint density at radius 3 is 2.12 bits per heavy atom. The lowest BCUT2D eigenvalue weighted by molar-refractivity contribution is -0.123. The zero-order valence-electron chi connectivity index (χ0n) is 15.8. The van der Waals surface area contributed by atoms with Crippen molar-refractivity contribution >= 4 is 11.8 Å². The third-order valence-corrected chi connectivity index (χ3v) is 4.02. The van der Waals surface area contributed by atoms with Crippen LogP contribution in [0.4, 0.5) is 0 Å². The number of nitrogens with one attached hydrogen (secondary N) is 2. The van der Waals surface area contributed by atoms with Gasteiger partial charge >= 0.3 is 0 Å². The van der Waals surface area contributed by atoms with Crippen LogP contribution in [-0.4, -0.2) is 25.5 Å². The highest BCUT2D eigenvalue weighted by Crippen LogP contribution is 2.24. The lowest BCUT2D eigenvalue weighted by Crippen LogP contribution is -2.28. The Labute approximate surface area is 154 Å².